The zero-order valence-corrected chi connectivity index (χ0v) is 14.7. The topological polar surface area (TPSA) is 58.7 Å². The van der Waals surface area contributed by atoms with Crippen LogP contribution in [-0.4, -0.2) is 9.55 Å². The van der Waals surface area contributed by atoms with Gasteiger partial charge in [0.05, 0.1) is 11.5 Å². The van der Waals surface area contributed by atoms with E-state index in [9.17, 15) is 4.79 Å². The van der Waals surface area contributed by atoms with Crippen LogP contribution in [0.4, 0.5) is 0 Å². The van der Waals surface area contributed by atoms with Crippen LogP contribution >= 0.6 is 11.3 Å². The van der Waals surface area contributed by atoms with Crippen molar-refractivity contribution in [2.75, 3.05) is 0 Å². The average molecular weight is 337 g/mol. The van der Waals surface area contributed by atoms with E-state index in [1.807, 2.05) is 44.2 Å². The van der Waals surface area contributed by atoms with Crippen LogP contribution in [0.2, 0.25) is 0 Å². The molecule has 3 rings (SSSR count). The van der Waals surface area contributed by atoms with Crippen molar-refractivity contribution in [3.63, 3.8) is 0 Å². The molecule has 2 heterocycles. The minimum Gasteiger partial charge on any atom is -0.296 e. The molecule has 0 atom stereocenters. The van der Waals surface area contributed by atoms with Crippen LogP contribution in [0.25, 0.3) is 10.2 Å². The summed E-state index contributed by atoms with van der Waals surface area (Å²) in [4.78, 5) is 19.8. The lowest BCUT2D eigenvalue weighted by Gasteiger charge is -2.12. The number of benzene rings is 1. The molecule has 0 spiro atoms. The van der Waals surface area contributed by atoms with Gasteiger partial charge in [0.1, 0.15) is 10.7 Å². The minimum absolute atomic E-state index is 0.0192. The Labute approximate surface area is 145 Å². The van der Waals surface area contributed by atoms with Gasteiger partial charge < -0.3 is 0 Å². The summed E-state index contributed by atoms with van der Waals surface area (Å²) in [7, 11) is 0. The Morgan fingerprint density at radius 2 is 2.00 bits per heavy atom. The molecule has 0 fully saturated rings. The molecule has 0 N–H and O–H groups in total. The molecule has 0 aliphatic rings. The minimum atomic E-state index is 0.0192. The van der Waals surface area contributed by atoms with Crippen LogP contribution < -0.4 is 5.56 Å². The molecule has 0 unspecified atom stereocenters. The van der Waals surface area contributed by atoms with E-state index in [4.69, 9.17) is 10.2 Å². The molecule has 0 radical (unpaired) electrons. The maximum absolute atomic E-state index is 13.0. The van der Waals surface area contributed by atoms with Crippen LogP contribution in [0.5, 0.6) is 0 Å². The molecule has 0 amide bonds. The van der Waals surface area contributed by atoms with E-state index in [1.54, 1.807) is 15.9 Å². The Hall–Kier alpha value is -2.45. The fraction of sp³-hybridized carbons (Fsp3) is 0.316. The number of thiophene rings is 1. The predicted molar refractivity (Wildman–Crippen MR) is 97.4 cm³/mol. The summed E-state index contributed by atoms with van der Waals surface area (Å²) in [6, 6.07) is 12.2. The zero-order valence-electron chi connectivity index (χ0n) is 13.9. The van der Waals surface area contributed by atoms with Gasteiger partial charge >= 0.3 is 0 Å². The van der Waals surface area contributed by atoms with E-state index in [0.717, 1.165) is 32.0 Å². The van der Waals surface area contributed by atoms with Crippen LogP contribution in [0.3, 0.4) is 0 Å². The molecule has 24 heavy (non-hydrogen) atoms. The molecule has 122 valence electrons. The number of hydrogen-bond donors (Lipinski definition) is 0. The standard InChI is InChI=1S/C19H19N3OS/c1-13-14(2)24-18-17(13)19(23)22(11-7-6-10-20)16(21-18)12-15-8-4-3-5-9-15/h3-5,8-9H,6-7,11-12H2,1-2H3. The number of fused-ring (bicyclic) bond motifs is 1. The normalized spacial score (nSPS) is 10.9. The van der Waals surface area contributed by atoms with Crippen molar-refractivity contribution in [1.29, 1.82) is 5.26 Å². The average Bonchev–Trinajstić information content (AvgIpc) is 2.86. The van der Waals surface area contributed by atoms with Gasteiger partial charge in [0, 0.05) is 24.3 Å². The Morgan fingerprint density at radius 3 is 2.71 bits per heavy atom. The summed E-state index contributed by atoms with van der Waals surface area (Å²) in [5.74, 6) is 0.776. The number of aryl methyl sites for hydroxylation is 2. The highest BCUT2D eigenvalue weighted by Gasteiger charge is 2.16. The molecule has 4 nitrogen and oxygen atoms in total. The SMILES string of the molecule is Cc1sc2nc(Cc3ccccc3)n(CCCC#N)c(=O)c2c1C. The van der Waals surface area contributed by atoms with E-state index < -0.39 is 0 Å². The number of hydrogen-bond acceptors (Lipinski definition) is 4. The van der Waals surface area contributed by atoms with Gasteiger partial charge in [0.2, 0.25) is 0 Å². The fourth-order valence-electron chi connectivity index (χ4n) is 2.83. The summed E-state index contributed by atoms with van der Waals surface area (Å²) >= 11 is 1.58. The van der Waals surface area contributed by atoms with Crippen LogP contribution in [-0.2, 0) is 13.0 Å². The maximum Gasteiger partial charge on any atom is 0.262 e. The first-order valence-corrected chi connectivity index (χ1v) is 8.83. The molecular weight excluding hydrogens is 318 g/mol. The first-order valence-electron chi connectivity index (χ1n) is 8.02. The number of aromatic nitrogens is 2. The second kappa shape index (κ2) is 6.98. The maximum atomic E-state index is 13.0. The predicted octanol–water partition coefficient (Wildman–Crippen LogP) is 3.97. The van der Waals surface area contributed by atoms with Gasteiger partial charge in [-0.3, -0.25) is 9.36 Å². The van der Waals surface area contributed by atoms with Gasteiger partial charge in [-0.25, -0.2) is 4.98 Å². The van der Waals surface area contributed by atoms with Crippen molar-refractivity contribution in [2.24, 2.45) is 0 Å². The van der Waals surface area contributed by atoms with Gasteiger partial charge in [-0.15, -0.1) is 11.3 Å². The Kier molecular flexibility index (Phi) is 4.77. The number of nitriles is 1. The largest absolute Gasteiger partial charge is 0.296 e. The van der Waals surface area contributed by atoms with E-state index >= 15 is 0 Å². The van der Waals surface area contributed by atoms with Crippen molar-refractivity contribution in [3.05, 3.63) is 62.5 Å². The molecular formula is C19H19N3OS. The summed E-state index contributed by atoms with van der Waals surface area (Å²) in [6.07, 6.45) is 1.72. The van der Waals surface area contributed by atoms with Crippen molar-refractivity contribution in [1.82, 2.24) is 9.55 Å². The van der Waals surface area contributed by atoms with E-state index in [2.05, 4.69) is 6.07 Å². The van der Waals surface area contributed by atoms with Gasteiger partial charge in [0.15, 0.2) is 0 Å². The summed E-state index contributed by atoms with van der Waals surface area (Å²) in [6.45, 7) is 4.54. The van der Waals surface area contributed by atoms with Gasteiger partial charge in [-0.2, -0.15) is 5.26 Å². The first-order chi connectivity index (χ1) is 11.6. The van der Waals surface area contributed by atoms with Crippen molar-refractivity contribution in [2.45, 2.75) is 39.7 Å². The van der Waals surface area contributed by atoms with E-state index in [-0.39, 0.29) is 5.56 Å². The molecule has 0 aliphatic carbocycles. The molecule has 0 saturated heterocycles. The number of unbranched alkanes of at least 4 members (excludes halogenated alkanes) is 1. The van der Waals surface area contributed by atoms with E-state index in [1.165, 1.54) is 0 Å². The molecule has 1 aromatic carbocycles. The second-order valence-electron chi connectivity index (χ2n) is 5.87. The van der Waals surface area contributed by atoms with Crippen LogP contribution in [0, 0.1) is 25.2 Å². The zero-order chi connectivity index (χ0) is 17.1. The highest BCUT2D eigenvalue weighted by atomic mass is 32.1. The fourth-order valence-corrected chi connectivity index (χ4v) is 3.87. The smallest absolute Gasteiger partial charge is 0.262 e. The Balaban J connectivity index is 2.12. The lowest BCUT2D eigenvalue weighted by atomic mass is 10.1. The third-order valence-corrected chi connectivity index (χ3v) is 5.34. The molecule has 2 aromatic heterocycles. The van der Waals surface area contributed by atoms with Crippen molar-refractivity contribution >= 4 is 21.6 Å². The first kappa shape index (κ1) is 16.4. The summed E-state index contributed by atoms with van der Waals surface area (Å²) < 4.78 is 1.76. The molecule has 5 heteroatoms. The molecule has 0 saturated carbocycles. The summed E-state index contributed by atoms with van der Waals surface area (Å²) in [5.41, 5.74) is 2.17. The van der Waals surface area contributed by atoms with Gasteiger partial charge in [-0.05, 0) is 31.4 Å². The second-order valence-corrected chi connectivity index (χ2v) is 7.08. The quantitative estimate of drug-likeness (QED) is 0.662. The van der Waals surface area contributed by atoms with Crippen molar-refractivity contribution in [3.8, 4) is 6.07 Å². The van der Waals surface area contributed by atoms with Crippen molar-refractivity contribution < 1.29 is 0 Å². The molecule has 0 aliphatic heterocycles. The summed E-state index contributed by atoms with van der Waals surface area (Å²) in [5, 5.41) is 9.51. The number of rotatable bonds is 5. The monoisotopic (exact) mass is 337 g/mol. The molecule has 3 aromatic rings. The van der Waals surface area contributed by atoms with Crippen LogP contribution in [0.1, 0.15) is 34.7 Å². The molecule has 0 bridgehead atoms. The van der Waals surface area contributed by atoms with Gasteiger partial charge in [0.25, 0.3) is 5.56 Å². The Bertz CT molecular complexity index is 964. The lowest BCUT2D eigenvalue weighted by molar-refractivity contribution is 0.597. The highest BCUT2D eigenvalue weighted by molar-refractivity contribution is 7.18. The Morgan fingerprint density at radius 1 is 1.25 bits per heavy atom. The third kappa shape index (κ3) is 3.10. The third-order valence-electron chi connectivity index (χ3n) is 4.24. The lowest BCUT2D eigenvalue weighted by Crippen LogP contribution is -2.25. The van der Waals surface area contributed by atoms with E-state index in [0.29, 0.717) is 25.8 Å². The van der Waals surface area contributed by atoms with Gasteiger partial charge in [-0.1, -0.05) is 30.3 Å². The van der Waals surface area contributed by atoms with Crippen LogP contribution in [0.15, 0.2) is 35.1 Å². The highest BCUT2D eigenvalue weighted by Crippen LogP contribution is 2.26. The number of nitrogens with zero attached hydrogens (tertiary/aromatic N) is 3.